The number of nitrogens with two attached hydrogens (primary N) is 1. The van der Waals surface area contributed by atoms with Gasteiger partial charge < -0.3 is 10.6 Å². The lowest BCUT2D eigenvalue weighted by atomic mass is 9.93. The molecular weight excluding hydrogens is 270 g/mol. The number of carbonyl (C=O) groups is 1. The fraction of sp³-hybridized carbons (Fsp3) is 0.333. The van der Waals surface area contributed by atoms with Gasteiger partial charge in [-0.2, -0.15) is 0 Å². The highest BCUT2D eigenvalue weighted by Gasteiger charge is 2.29. The molecule has 0 fully saturated rings. The summed E-state index contributed by atoms with van der Waals surface area (Å²) in [6.07, 6.45) is 0.903. The first-order chi connectivity index (χ1) is 9.70. The van der Waals surface area contributed by atoms with E-state index >= 15 is 0 Å². The monoisotopic (exact) mass is 287 g/mol. The summed E-state index contributed by atoms with van der Waals surface area (Å²) >= 11 is 1.45. The Morgan fingerprint density at radius 2 is 2.30 bits per heavy atom. The van der Waals surface area contributed by atoms with Crippen molar-refractivity contribution in [3.8, 4) is 0 Å². The van der Waals surface area contributed by atoms with Gasteiger partial charge in [-0.15, -0.1) is 11.3 Å². The Hall–Kier alpha value is -1.72. The van der Waals surface area contributed by atoms with Gasteiger partial charge in [-0.3, -0.25) is 4.79 Å². The molecule has 0 saturated heterocycles. The van der Waals surface area contributed by atoms with Crippen molar-refractivity contribution < 1.29 is 4.79 Å². The Kier molecular flexibility index (Phi) is 3.54. The van der Waals surface area contributed by atoms with Crippen molar-refractivity contribution in [1.29, 1.82) is 0 Å². The van der Waals surface area contributed by atoms with Gasteiger partial charge in [0, 0.05) is 18.5 Å². The number of thiazole rings is 1. The van der Waals surface area contributed by atoms with Crippen LogP contribution in [0.1, 0.15) is 39.6 Å². The van der Waals surface area contributed by atoms with Gasteiger partial charge in [-0.05, 0) is 24.5 Å². The van der Waals surface area contributed by atoms with E-state index in [2.05, 4.69) is 30.1 Å². The lowest BCUT2D eigenvalue weighted by Crippen LogP contribution is -2.39. The van der Waals surface area contributed by atoms with E-state index in [1.807, 2.05) is 11.0 Å². The Balaban J connectivity index is 1.86. The molecule has 0 unspecified atom stereocenters. The summed E-state index contributed by atoms with van der Waals surface area (Å²) in [6.45, 7) is 3.20. The van der Waals surface area contributed by atoms with Crippen LogP contribution in [-0.4, -0.2) is 22.3 Å². The zero-order valence-corrected chi connectivity index (χ0v) is 12.2. The Labute approximate surface area is 122 Å². The fourth-order valence-electron chi connectivity index (χ4n) is 2.70. The molecule has 1 aromatic carbocycles. The summed E-state index contributed by atoms with van der Waals surface area (Å²) in [6, 6.07) is 8.42. The van der Waals surface area contributed by atoms with Gasteiger partial charge in [-0.1, -0.05) is 24.3 Å². The number of carbonyl (C=O) groups excluding carboxylic acids is 1. The third kappa shape index (κ3) is 2.23. The zero-order valence-electron chi connectivity index (χ0n) is 11.4. The quantitative estimate of drug-likeness (QED) is 0.922. The molecule has 0 radical (unpaired) electrons. The number of hydrogen-bond acceptors (Lipinski definition) is 4. The summed E-state index contributed by atoms with van der Waals surface area (Å²) in [5.41, 5.74) is 8.65. The first kappa shape index (κ1) is 13.3. The third-order valence-electron chi connectivity index (χ3n) is 3.80. The number of nitrogens with zero attached hydrogens (tertiary/aromatic N) is 2. The van der Waals surface area contributed by atoms with Crippen LogP contribution in [0, 0.1) is 0 Å². The largest absolute Gasteiger partial charge is 0.330 e. The van der Waals surface area contributed by atoms with E-state index in [4.69, 9.17) is 5.73 Å². The van der Waals surface area contributed by atoms with Crippen LogP contribution in [0.4, 0.5) is 0 Å². The average molecular weight is 287 g/mol. The number of hydrogen-bond donors (Lipinski definition) is 1. The summed E-state index contributed by atoms with van der Waals surface area (Å²) in [5.74, 6) is 0.00273. The van der Waals surface area contributed by atoms with Crippen LogP contribution in [0.15, 0.2) is 29.6 Å². The number of benzene rings is 1. The summed E-state index contributed by atoms with van der Waals surface area (Å²) in [7, 11) is 0. The molecule has 0 bridgehead atoms. The highest BCUT2D eigenvalue weighted by molar-refractivity contribution is 7.09. The maximum Gasteiger partial charge on any atom is 0.273 e. The van der Waals surface area contributed by atoms with Crippen molar-refractivity contribution in [1.82, 2.24) is 9.88 Å². The van der Waals surface area contributed by atoms with Crippen LogP contribution in [0.2, 0.25) is 0 Å². The summed E-state index contributed by atoms with van der Waals surface area (Å²) in [4.78, 5) is 18.8. The Morgan fingerprint density at radius 3 is 3.05 bits per heavy atom. The molecule has 2 heterocycles. The predicted molar refractivity (Wildman–Crippen MR) is 79.6 cm³/mol. The maximum absolute atomic E-state index is 12.6. The van der Waals surface area contributed by atoms with Crippen molar-refractivity contribution in [3.05, 3.63) is 51.5 Å². The van der Waals surface area contributed by atoms with E-state index in [0.717, 1.165) is 18.0 Å². The summed E-state index contributed by atoms with van der Waals surface area (Å²) < 4.78 is 0. The molecule has 1 aromatic heterocycles. The van der Waals surface area contributed by atoms with Gasteiger partial charge >= 0.3 is 0 Å². The zero-order chi connectivity index (χ0) is 14.1. The van der Waals surface area contributed by atoms with Crippen molar-refractivity contribution in [3.63, 3.8) is 0 Å². The van der Waals surface area contributed by atoms with E-state index in [9.17, 15) is 4.79 Å². The van der Waals surface area contributed by atoms with E-state index in [1.54, 1.807) is 5.38 Å². The molecular formula is C15H17N3OS. The fourth-order valence-corrected chi connectivity index (χ4v) is 3.35. The van der Waals surface area contributed by atoms with Crippen molar-refractivity contribution in [2.75, 3.05) is 6.54 Å². The second kappa shape index (κ2) is 5.34. The SMILES string of the molecule is C[C@@H]1c2ccccc2CCN1C(=O)c1csc(CN)n1. The van der Waals surface area contributed by atoms with E-state index in [0.29, 0.717) is 12.2 Å². The molecule has 5 heteroatoms. The van der Waals surface area contributed by atoms with Gasteiger partial charge in [0.05, 0.1) is 6.04 Å². The van der Waals surface area contributed by atoms with Crippen molar-refractivity contribution in [2.45, 2.75) is 25.9 Å². The highest BCUT2D eigenvalue weighted by atomic mass is 32.1. The maximum atomic E-state index is 12.6. The number of fused-ring (bicyclic) bond motifs is 1. The highest BCUT2D eigenvalue weighted by Crippen LogP contribution is 2.30. The van der Waals surface area contributed by atoms with Crippen LogP contribution in [0.3, 0.4) is 0 Å². The normalized spacial score (nSPS) is 17.9. The predicted octanol–water partition coefficient (Wildman–Crippen LogP) is 2.36. The molecule has 1 atom stereocenters. The lowest BCUT2D eigenvalue weighted by molar-refractivity contribution is 0.0672. The third-order valence-corrected chi connectivity index (χ3v) is 4.67. The molecule has 0 saturated carbocycles. The minimum atomic E-state index is 0.00273. The van der Waals surface area contributed by atoms with Gasteiger partial charge in [-0.25, -0.2) is 4.98 Å². The molecule has 20 heavy (non-hydrogen) atoms. The first-order valence-electron chi connectivity index (χ1n) is 6.74. The van der Waals surface area contributed by atoms with Gasteiger partial charge in [0.2, 0.25) is 0 Å². The molecule has 2 N–H and O–H groups in total. The van der Waals surface area contributed by atoms with Crippen molar-refractivity contribution in [2.24, 2.45) is 5.73 Å². The van der Waals surface area contributed by atoms with Crippen LogP contribution in [0.25, 0.3) is 0 Å². The summed E-state index contributed by atoms with van der Waals surface area (Å²) in [5, 5.41) is 2.61. The standard InChI is InChI=1S/C15H17N3OS/c1-10-12-5-3-2-4-11(12)6-7-18(10)15(19)13-9-20-14(8-16)17-13/h2-5,9-10H,6-8,16H2,1H3/t10-/m1/s1. The second-order valence-electron chi connectivity index (χ2n) is 4.95. The van der Waals surface area contributed by atoms with Crippen LogP contribution in [0.5, 0.6) is 0 Å². The minimum absolute atomic E-state index is 0.00273. The second-order valence-corrected chi connectivity index (χ2v) is 5.90. The Morgan fingerprint density at radius 1 is 1.50 bits per heavy atom. The number of aromatic nitrogens is 1. The molecule has 3 rings (SSSR count). The molecule has 0 aliphatic carbocycles. The van der Waals surface area contributed by atoms with Gasteiger partial charge in [0.15, 0.2) is 0 Å². The topological polar surface area (TPSA) is 59.2 Å². The van der Waals surface area contributed by atoms with E-state index < -0.39 is 0 Å². The lowest BCUT2D eigenvalue weighted by Gasteiger charge is -2.34. The first-order valence-corrected chi connectivity index (χ1v) is 7.62. The molecule has 4 nitrogen and oxygen atoms in total. The molecule has 104 valence electrons. The minimum Gasteiger partial charge on any atom is -0.330 e. The van der Waals surface area contributed by atoms with Gasteiger partial charge in [0.1, 0.15) is 10.7 Å². The van der Waals surface area contributed by atoms with E-state index in [-0.39, 0.29) is 11.9 Å². The van der Waals surface area contributed by atoms with Crippen LogP contribution < -0.4 is 5.73 Å². The number of amides is 1. The smallest absolute Gasteiger partial charge is 0.273 e. The molecule has 0 spiro atoms. The van der Waals surface area contributed by atoms with Crippen LogP contribution >= 0.6 is 11.3 Å². The molecule has 1 amide bonds. The molecule has 2 aromatic rings. The van der Waals surface area contributed by atoms with Gasteiger partial charge in [0.25, 0.3) is 5.91 Å². The number of rotatable bonds is 2. The van der Waals surface area contributed by atoms with E-state index in [1.165, 1.54) is 22.5 Å². The Bertz CT molecular complexity index is 638. The average Bonchev–Trinajstić information content (AvgIpc) is 2.96. The molecule has 1 aliphatic rings. The van der Waals surface area contributed by atoms with Crippen molar-refractivity contribution >= 4 is 17.2 Å². The van der Waals surface area contributed by atoms with Crippen LogP contribution in [-0.2, 0) is 13.0 Å². The molecule has 1 aliphatic heterocycles.